The number of rotatable bonds is 6. The van der Waals surface area contributed by atoms with Crippen molar-refractivity contribution >= 4 is 17.7 Å². The van der Waals surface area contributed by atoms with Crippen molar-refractivity contribution in [2.45, 2.75) is 19.2 Å². The van der Waals surface area contributed by atoms with E-state index in [-0.39, 0.29) is 12.6 Å². The van der Waals surface area contributed by atoms with Crippen LogP contribution < -0.4 is 16.0 Å². The summed E-state index contributed by atoms with van der Waals surface area (Å²) >= 11 is 0. The van der Waals surface area contributed by atoms with E-state index >= 15 is 0 Å². The van der Waals surface area contributed by atoms with Gasteiger partial charge in [0.25, 0.3) is 0 Å². The summed E-state index contributed by atoms with van der Waals surface area (Å²) in [5, 5.41) is 18.3. The third-order valence-electron chi connectivity index (χ3n) is 5.64. The van der Waals surface area contributed by atoms with Gasteiger partial charge in [0, 0.05) is 32.2 Å². The van der Waals surface area contributed by atoms with E-state index in [0.717, 1.165) is 24.2 Å². The number of benzene rings is 3. The molecule has 1 fully saturated rings. The molecule has 1 saturated heterocycles. The molecule has 0 aliphatic carbocycles. The van der Waals surface area contributed by atoms with Gasteiger partial charge in [0.15, 0.2) is 6.19 Å². The highest BCUT2D eigenvalue weighted by Crippen LogP contribution is 2.19. The molecule has 0 bridgehead atoms. The lowest BCUT2D eigenvalue weighted by Gasteiger charge is -2.35. The van der Waals surface area contributed by atoms with Gasteiger partial charge in [-0.15, -0.1) is 0 Å². The zero-order valence-electron chi connectivity index (χ0n) is 19.4. The Balaban J connectivity index is 1.38. The summed E-state index contributed by atoms with van der Waals surface area (Å²) in [6.07, 6.45) is 1.52. The van der Waals surface area contributed by atoms with Crippen LogP contribution in [-0.2, 0) is 17.9 Å². The molecule has 1 amide bonds. The van der Waals surface area contributed by atoms with Crippen LogP contribution in [0.1, 0.15) is 22.7 Å². The van der Waals surface area contributed by atoms with Crippen LogP contribution in [-0.4, -0.2) is 36.6 Å². The highest BCUT2D eigenvalue weighted by atomic mass is 16.5. The smallest absolute Gasteiger partial charge is 0.407 e. The first-order valence-electron chi connectivity index (χ1n) is 11.5. The second kappa shape index (κ2) is 12.2. The van der Waals surface area contributed by atoms with Gasteiger partial charge in [-0.25, -0.2) is 9.79 Å². The molecular formula is C27H28N6O2. The normalized spacial score (nSPS) is 15.7. The maximum absolute atomic E-state index is 12.1. The molecule has 8 heteroatoms. The van der Waals surface area contributed by atoms with Crippen LogP contribution in [0.3, 0.4) is 0 Å². The molecule has 4 rings (SSSR count). The van der Waals surface area contributed by atoms with E-state index in [9.17, 15) is 10.1 Å². The van der Waals surface area contributed by atoms with Gasteiger partial charge in [0.2, 0.25) is 5.96 Å². The molecule has 1 aliphatic heterocycles. The zero-order chi connectivity index (χ0) is 24.3. The zero-order valence-corrected chi connectivity index (χ0v) is 19.4. The van der Waals surface area contributed by atoms with Gasteiger partial charge in [-0.2, -0.15) is 5.26 Å². The lowest BCUT2D eigenvalue weighted by molar-refractivity contribution is 0.139. The maximum Gasteiger partial charge on any atom is 0.407 e. The minimum Gasteiger partial charge on any atom is -0.445 e. The number of piperazine rings is 1. The minimum atomic E-state index is -0.484. The maximum atomic E-state index is 12.1. The fraction of sp³-hybridized carbons (Fsp3) is 0.222. The second-order valence-corrected chi connectivity index (χ2v) is 8.12. The van der Waals surface area contributed by atoms with Gasteiger partial charge in [-0.1, -0.05) is 72.8 Å². The average molecular weight is 469 g/mol. The largest absolute Gasteiger partial charge is 0.445 e. The topological polar surface area (TPSA) is 102 Å². The molecule has 3 N–H and O–H groups in total. The second-order valence-electron chi connectivity index (χ2n) is 8.12. The number of ether oxygens (including phenoxy) is 1. The lowest BCUT2D eigenvalue weighted by atomic mass is 10.0. The molecule has 3 aromatic carbocycles. The summed E-state index contributed by atoms with van der Waals surface area (Å²) in [4.78, 5) is 18.8. The molecule has 1 atom stereocenters. The van der Waals surface area contributed by atoms with Gasteiger partial charge in [-0.3, -0.25) is 5.32 Å². The number of nitrogens with zero attached hydrogens (tertiary/aromatic N) is 3. The van der Waals surface area contributed by atoms with E-state index in [0.29, 0.717) is 24.7 Å². The summed E-state index contributed by atoms with van der Waals surface area (Å²) in [5.74, 6) is 0.502. The molecule has 1 heterocycles. The van der Waals surface area contributed by atoms with Crippen molar-refractivity contribution in [1.82, 2.24) is 20.9 Å². The van der Waals surface area contributed by atoms with Crippen LogP contribution in [0.15, 0.2) is 89.9 Å². The molecule has 0 aromatic heterocycles. The third kappa shape index (κ3) is 7.06. The van der Waals surface area contributed by atoms with Crippen molar-refractivity contribution in [2.24, 2.45) is 4.99 Å². The SMILES string of the molecule is N#CNC(=Nc1cccc(CNC(=O)OCc2ccccc2)c1)N1CCNC(c2ccccc2)C1. The Morgan fingerprint density at radius 1 is 1.06 bits per heavy atom. The third-order valence-corrected chi connectivity index (χ3v) is 5.64. The van der Waals surface area contributed by atoms with Crippen molar-refractivity contribution in [1.29, 1.82) is 5.26 Å². The van der Waals surface area contributed by atoms with Crippen LogP contribution in [0.25, 0.3) is 0 Å². The Morgan fingerprint density at radius 2 is 1.80 bits per heavy atom. The first kappa shape index (κ1) is 23.8. The number of nitriles is 1. The number of aliphatic imine (C=N–C) groups is 1. The van der Waals surface area contributed by atoms with Crippen molar-refractivity contribution in [3.05, 3.63) is 102 Å². The molecule has 3 aromatic rings. The number of nitrogens with one attached hydrogen (secondary N) is 3. The average Bonchev–Trinajstić information content (AvgIpc) is 2.92. The van der Waals surface area contributed by atoms with Gasteiger partial charge < -0.3 is 20.3 Å². The highest BCUT2D eigenvalue weighted by molar-refractivity contribution is 5.84. The molecule has 0 radical (unpaired) electrons. The van der Waals surface area contributed by atoms with Crippen molar-refractivity contribution in [3.63, 3.8) is 0 Å². The first-order chi connectivity index (χ1) is 17.2. The molecule has 0 saturated carbocycles. The summed E-state index contributed by atoms with van der Waals surface area (Å²) in [5.41, 5.74) is 3.69. The van der Waals surface area contributed by atoms with E-state index in [1.54, 1.807) is 0 Å². The Morgan fingerprint density at radius 3 is 2.57 bits per heavy atom. The van der Waals surface area contributed by atoms with E-state index in [1.807, 2.05) is 79.0 Å². The van der Waals surface area contributed by atoms with E-state index in [1.165, 1.54) is 5.56 Å². The molecule has 0 spiro atoms. The van der Waals surface area contributed by atoms with Crippen LogP contribution >= 0.6 is 0 Å². The summed E-state index contributed by atoms with van der Waals surface area (Å²) in [7, 11) is 0. The predicted molar refractivity (Wildman–Crippen MR) is 135 cm³/mol. The fourth-order valence-corrected chi connectivity index (χ4v) is 3.89. The summed E-state index contributed by atoms with van der Waals surface area (Å²) in [6, 6.07) is 27.4. The molecule has 35 heavy (non-hydrogen) atoms. The van der Waals surface area contributed by atoms with Crippen LogP contribution in [0, 0.1) is 11.5 Å². The predicted octanol–water partition coefficient (Wildman–Crippen LogP) is 3.82. The van der Waals surface area contributed by atoms with Crippen LogP contribution in [0.5, 0.6) is 0 Å². The van der Waals surface area contributed by atoms with Gasteiger partial charge in [-0.05, 0) is 28.8 Å². The molecule has 1 aliphatic rings. The fourth-order valence-electron chi connectivity index (χ4n) is 3.89. The number of hydrogen-bond acceptors (Lipinski definition) is 5. The number of amides is 1. The molecule has 178 valence electrons. The monoisotopic (exact) mass is 468 g/mol. The molecule has 1 unspecified atom stereocenters. The Kier molecular flexibility index (Phi) is 8.30. The van der Waals surface area contributed by atoms with Gasteiger partial charge in [0.05, 0.1) is 5.69 Å². The number of guanidine groups is 1. The summed E-state index contributed by atoms with van der Waals surface area (Å²) in [6.45, 7) is 2.72. The lowest BCUT2D eigenvalue weighted by Crippen LogP contribution is -2.51. The van der Waals surface area contributed by atoms with Crippen molar-refractivity contribution < 1.29 is 9.53 Å². The number of carbonyl (C=O) groups excluding carboxylic acids is 1. The van der Waals surface area contributed by atoms with E-state index < -0.39 is 6.09 Å². The highest BCUT2D eigenvalue weighted by Gasteiger charge is 2.23. The molecule has 8 nitrogen and oxygen atoms in total. The standard InChI is InChI=1S/C27H28N6O2/c28-20-31-26(33-15-14-29-25(18-33)23-11-5-2-6-12-23)32-24-13-7-10-22(16-24)17-30-27(34)35-19-21-8-3-1-4-9-21/h1-13,16,25,29H,14-15,17-19H2,(H,30,34)(H,31,32). The van der Waals surface area contributed by atoms with Gasteiger partial charge >= 0.3 is 6.09 Å². The Hall–Kier alpha value is -4.35. The van der Waals surface area contributed by atoms with Crippen LogP contribution in [0.2, 0.25) is 0 Å². The number of carbonyl (C=O) groups is 1. The number of hydrogen-bond donors (Lipinski definition) is 3. The first-order valence-corrected chi connectivity index (χ1v) is 11.5. The van der Waals surface area contributed by atoms with Crippen molar-refractivity contribution in [3.8, 4) is 6.19 Å². The Bertz CT molecular complexity index is 1180. The minimum absolute atomic E-state index is 0.146. The quantitative estimate of drug-likeness (QED) is 0.220. The molecular weight excluding hydrogens is 440 g/mol. The van der Waals surface area contributed by atoms with Crippen LogP contribution in [0.4, 0.5) is 10.5 Å². The number of alkyl carbamates (subject to hydrolysis) is 1. The Labute approximate surface area is 205 Å². The van der Waals surface area contributed by atoms with E-state index in [2.05, 4.69) is 33.0 Å². The summed E-state index contributed by atoms with van der Waals surface area (Å²) < 4.78 is 5.27. The van der Waals surface area contributed by atoms with Crippen molar-refractivity contribution in [2.75, 3.05) is 19.6 Å². The van der Waals surface area contributed by atoms with Gasteiger partial charge in [0.1, 0.15) is 6.61 Å². The van der Waals surface area contributed by atoms with E-state index in [4.69, 9.17) is 9.73 Å².